The van der Waals surface area contributed by atoms with Gasteiger partial charge in [-0.15, -0.1) is 9.24 Å². The van der Waals surface area contributed by atoms with E-state index in [1.54, 1.807) is 44.2 Å². The Hall–Kier alpha value is -2.46. The standard InChI is InChI=1S/C25H28F3N2OP/c1-16-9-10-19(32)13-21(16)23(3,4)15-24(25(26,27)28,30-17(2)31)14-18-11-12-29-22-8-6-5-7-20(18)22/h5-13H,14-15,32H2,1-4H3,(H,30,31). The molecule has 7 heteroatoms. The molecule has 2 aromatic carbocycles. The molecular weight excluding hydrogens is 432 g/mol. The summed E-state index contributed by atoms with van der Waals surface area (Å²) in [6.07, 6.45) is -3.86. The van der Waals surface area contributed by atoms with Crippen LogP contribution in [0.3, 0.4) is 0 Å². The SMILES string of the molecule is CC(=O)NC(Cc1ccnc2ccccc12)(CC(C)(C)c1cc(P)ccc1C)C(F)(F)F. The monoisotopic (exact) mass is 460 g/mol. The number of hydrogen-bond acceptors (Lipinski definition) is 2. The van der Waals surface area contributed by atoms with E-state index in [2.05, 4.69) is 19.5 Å². The van der Waals surface area contributed by atoms with Crippen molar-refractivity contribution in [2.24, 2.45) is 0 Å². The number of pyridine rings is 1. The number of benzene rings is 2. The zero-order valence-electron chi connectivity index (χ0n) is 18.7. The van der Waals surface area contributed by atoms with E-state index in [9.17, 15) is 18.0 Å². The number of nitrogens with zero attached hydrogens (tertiary/aromatic N) is 1. The Labute approximate surface area is 189 Å². The minimum absolute atomic E-state index is 0.311. The second-order valence-corrected chi connectivity index (χ2v) is 9.73. The summed E-state index contributed by atoms with van der Waals surface area (Å²) in [6, 6.07) is 14.4. The van der Waals surface area contributed by atoms with Crippen molar-refractivity contribution in [3.63, 3.8) is 0 Å². The number of aryl methyl sites for hydroxylation is 1. The molecule has 0 spiro atoms. The molecule has 1 N–H and O–H groups in total. The molecule has 3 aromatic rings. The highest BCUT2D eigenvalue weighted by molar-refractivity contribution is 7.27. The van der Waals surface area contributed by atoms with Crippen LogP contribution in [0.5, 0.6) is 0 Å². The first-order valence-electron chi connectivity index (χ1n) is 10.4. The van der Waals surface area contributed by atoms with E-state index in [4.69, 9.17) is 0 Å². The number of aromatic nitrogens is 1. The van der Waals surface area contributed by atoms with Gasteiger partial charge in [0.25, 0.3) is 0 Å². The van der Waals surface area contributed by atoms with Crippen LogP contribution in [0.25, 0.3) is 10.9 Å². The normalized spacial score (nSPS) is 14.2. The number of carbonyl (C=O) groups excluding carboxylic acids is 1. The summed E-state index contributed by atoms with van der Waals surface area (Å²) < 4.78 is 44.4. The minimum Gasteiger partial charge on any atom is -0.342 e. The Balaban J connectivity index is 2.16. The minimum atomic E-state index is -4.67. The van der Waals surface area contributed by atoms with E-state index < -0.39 is 23.0 Å². The Bertz CT molecular complexity index is 1140. The van der Waals surface area contributed by atoms with Gasteiger partial charge in [-0.2, -0.15) is 13.2 Å². The van der Waals surface area contributed by atoms with Gasteiger partial charge in [0.2, 0.25) is 5.91 Å². The third-order valence-electron chi connectivity index (χ3n) is 5.92. The number of rotatable bonds is 6. The van der Waals surface area contributed by atoms with Gasteiger partial charge in [-0.25, -0.2) is 0 Å². The highest BCUT2D eigenvalue weighted by Gasteiger charge is 2.57. The third kappa shape index (κ3) is 4.96. The number of amides is 1. The lowest BCUT2D eigenvalue weighted by Crippen LogP contribution is -2.62. The van der Waals surface area contributed by atoms with Crippen molar-refractivity contribution in [1.29, 1.82) is 0 Å². The summed E-state index contributed by atoms with van der Waals surface area (Å²) in [4.78, 5) is 16.3. The Morgan fingerprint density at radius 2 is 1.78 bits per heavy atom. The van der Waals surface area contributed by atoms with E-state index in [1.807, 2.05) is 25.1 Å². The van der Waals surface area contributed by atoms with Crippen molar-refractivity contribution in [2.45, 2.75) is 57.7 Å². The van der Waals surface area contributed by atoms with Crippen molar-refractivity contribution in [1.82, 2.24) is 10.3 Å². The molecule has 0 saturated carbocycles. The molecule has 0 aliphatic carbocycles. The van der Waals surface area contributed by atoms with Crippen LogP contribution in [0.4, 0.5) is 13.2 Å². The number of alkyl halides is 3. The summed E-state index contributed by atoms with van der Waals surface area (Å²) in [6.45, 7) is 6.62. The highest BCUT2D eigenvalue weighted by Crippen LogP contribution is 2.44. The van der Waals surface area contributed by atoms with Crippen LogP contribution in [0.1, 0.15) is 43.9 Å². The van der Waals surface area contributed by atoms with Crippen molar-refractivity contribution in [2.75, 3.05) is 0 Å². The van der Waals surface area contributed by atoms with Crippen molar-refractivity contribution in [3.8, 4) is 0 Å². The number of carbonyl (C=O) groups is 1. The second-order valence-electron chi connectivity index (χ2n) is 9.06. The quantitative estimate of drug-likeness (QED) is 0.501. The number of fused-ring (bicyclic) bond motifs is 1. The van der Waals surface area contributed by atoms with Crippen LogP contribution in [-0.2, 0) is 16.6 Å². The Morgan fingerprint density at radius 3 is 2.44 bits per heavy atom. The van der Waals surface area contributed by atoms with Crippen LogP contribution < -0.4 is 10.6 Å². The van der Waals surface area contributed by atoms with Gasteiger partial charge in [0.05, 0.1) is 5.52 Å². The van der Waals surface area contributed by atoms with Gasteiger partial charge in [-0.3, -0.25) is 9.78 Å². The van der Waals surface area contributed by atoms with E-state index >= 15 is 0 Å². The smallest absolute Gasteiger partial charge is 0.342 e. The summed E-state index contributed by atoms with van der Waals surface area (Å²) in [5, 5.41) is 3.86. The van der Waals surface area contributed by atoms with Crippen molar-refractivity contribution < 1.29 is 18.0 Å². The van der Waals surface area contributed by atoms with E-state index in [0.717, 1.165) is 23.4 Å². The summed E-state index contributed by atoms with van der Waals surface area (Å²) in [7, 11) is 2.59. The van der Waals surface area contributed by atoms with Crippen LogP contribution in [0.15, 0.2) is 54.7 Å². The third-order valence-corrected chi connectivity index (χ3v) is 6.28. The molecule has 3 nitrogen and oxygen atoms in total. The fourth-order valence-electron chi connectivity index (χ4n) is 4.61. The molecule has 0 radical (unpaired) electrons. The number of halogens is 3. The molecule has 0 bridgehead atoms. The van der Waals surface area contributed by atoms with Gasteiger partial charge in [-0.1, -0.05) is 50.2 Å². The van der Waals surface area contributed by atoms with Gasteiger partial charge in [0.15, 0.2) is 0 Å². The zero-order chi connectivity index (χ0) is 23.7. The fraction of sp³-hybridized carbons (Fsp3) is 0.360. The molecule has 170 valence electrons. The van der Waals surface area contributed by atoms with Crippen LogP contribution >= 0.6 is 9.24 Å². The zero-order valence-corrected chi connectivity index (χ0v) is 19.8. The predicted octanol–water partition coefficient (Wildman–Crippen LogP) is 5.39. The molecular formula is C25H28F3N2OP. The first-order valence-corrected chi connectivity index (χ1v) is 11.0. The second kappa shape index (κ2) is 8.82. The fourth-order valence-corrected chi connectivity index (χ4v) is 4.87. The molecule has 0 fully saturated rings. The van der Waals surface area contributed by atoms with Crippen LogP contribution in [0.2, 0.25) is 0 Å². The summed E-state index contributed by atoms with van der Waals surface area (Å²) in [5.74, 6) is -0.715. The van der Waals surface area contributed by atoms with Gasteiger partial charge in [-0.05, 0) is 52.9 Å². The average Bonchev–Trinajstić information content (AvgIpc) is 2.68. The van der Waals surface area contributed by atoms with E-state index in [1.165, 1.54) is 6.20 Å². The lowest BCUT2D eigenvalue weighted by molar-refractivity contribution is -0.203. The van der Waals surface area contributed by atoms with Gasteiger partial charge < -0.3 is 5.32 Å². The highest BCUT2D eigenvalue weighted by atomic mass is 31.0. The molecule has 0 aliphatic rings. The molecule has 1 aromatic heterocycles. The summed E-state index contributed by atoms with van der Waals surface area (Å²) in [5.41, 5.74) is -0.463. The van der Waals surface area contributed by atoms with Crippen LogP contribution in [-0.4, -0.2) is 22.6 Å². The maximum Gasteiger partial charge on any atom is 0.411 e. The lowest BCUT2D eigenvalue weighted by atomic mass is 9.70. The topological polar surface area (TPSA) is 42.0 Å². The van der Waals surface area contributed by atoms with Gasteiger partial charge in [0, 0.05) is 24.9 Å². The molecule has 3 rings (SSSR count). The van der Waals surface area contributed by atoms with Crippen LogP contribution in [0, 0.1) is 6.92 Å². The predicted molar refractivity (Wildman–Crippen MR) is 126 cm³/mol. The van der Waals surface area contributed by atoms with Crippen molar-refractivity contribution >= 4 is 31.4 Å². The largest absolute Gasteiger partial charge is 0.411 e. The summed E-state index contributed by atoms with van der Waals surface area (Å²) >= 11 is 0. The van der Waals surface area contributed by atoms with Crippen molar-refractivity contribution in [3.05, 3.63) is 71.4 Å². The lowest BCUT2D eigenvalue weighted by Gasteiger charge is -2.43. The molecule has 1 amide bonds. The van der Waals surface area contributed by atoms with Gasteiger partial charge >= 0.3 is 6.18 Å². The van der Waals surface area contributed by atoms with Gasteiger partial charge in [0.1, 0.15) is 5.54 Å². The first kappa shape index (κ1) is 24.2. The maximum absolute atomic E-state index is 14.8. The maximum atomic E-state index is 14.8. The first-order chi connectivity index (χ1) is 14.8. The molecule has 1 heterocycles. The average molecular weight is 460 g/mol. The van der Waals surface area contributed by atoms with E-state index in [-0.39, 0.29) is 12.8 Å². The molecule has 0 saturated heterocycles. The Morgan fingerprint density at radius 1 is 1.09 bits per heavy atom. The van der Waals surface area contributed by atoms with E-state index in [0.29, 0.717) is 16.5 Å². The molecule has 2 atom stereocenters. The molecule has 32 heavy (non-hydrogen) atoms. The Kier molecular flexibility index (Phi) is 6.67. The number of hydrogen-bond donors (Lipinski definition) is 1. The number of nitrogens with one attached hydrogen (secondary N) is 1. The molecule has 0 aliphatic heterocycles. The number of para-hydroxylation sites is 1. The molecule has 2 unspecified atom stereocenters.